The number of piperidine rings is 1. The molecule has 5 rings (SSSR count). The van der Waals surface area contributed by atoms with E-state index < -0.39 is 0 Å². The molecule has 5 nitrogen and oxygen atoms in total. The minimum Gasteiger partial charge on any atom is -0.493 e. The molecule has 0 radical (unpaired) electrons. The molecule has 2 aliphatic heterocycles. The summed E-state index contributed by atoms with van der Waals surface area (Å²) in [5.74, 6) is 1.18. The molecule has 3 aliphatic rings. The van der Waals surface area contributed by atoms with Gasteiger partial charge >= 0.3 is 0 Å². The van der Waals surface area contributed by atoms with Crippen LogP contribution in [0.15, 0.2) is 54.6 Å². The van der Waals surface area contributed by atoms with Crippen molar-refractivity contribution in [2.75, 3.05) is 32.8 Å². The maximum Gasteiger partial charge on any atom is 0.246 e. The molecule has 2 heterocycles. The van der Waals surface area contributed by atoms with Crippen LogP contribution in [0.5, 0.6) is 5.75 Å². The first-order valence-electron chi connectivity index (χ1n) is 12.1. The van der Waals surface area contributed by atoms with Crippen LogP contribution < -0.4 is 4.74 Å². The summed E-state index contributed by atoms with van der Waals surface area (Å²) < 4.78 is 5.65. The van der Waals surface area contributed by atoms with E-state index in [0.29, 0.717) is 12.5 Å². The molecule has 172 valence electrons. The van der Waals surface area contributed by atoms with Crippen molar-refractivity contribution in [2.24, 2.45) is 5.41 Å². The maximum absolute atomic E-state index is 13.1. The molecule has 1 unspecified atom stereocenters. The maximum atomic E-state index is 13.1. The smallest absolute Gasteiger partial charge is 0.246 e. The lowest BCUT2D eigenvalue weighted by Gasteiger charge is -2.39. The largest absolute Gasteiger partial charge is 0.493 e. The molecule has 1 atom stereocenters. The van der Waals surface area contributed by atoms with Crippen LogP contribution in [0, 0.1) is 5.41 Å². The number of carbonyl (C=O) groups excluding carboxylic acids is 2. The number of hydrogen-bond acceptors (Lipinski definition) is 3. The Morgan fingerprint density at radius 2 is 1.70 bits per heavy atom. The molecular weight excluding hydrogens is 412 g/mol. The molecule has 5 heteroatoms. The summed E-state index contributed by atoms with van der Waals surface area (Å²) in [5, 5.41) is 0. The Hall–Kier alpha value is -3.08. The first kappa shape index (κ1) is 21.7. The topological polar surface area (TPSA) is 49.9 Å². The number of para-hydroxylation sites is 1. The van der Waals surface area contributed by atoms with Crippen LogP contribution in [0.3, 0.4) is 0 Å². The van der Waals surface area contributed by atoms with Crippen molar-refractivity contribution in [3.8, 4) is 5.75 Å². The molecule has 2 saturated heterocycles. The van der Waals surface area contributed by atoms with E-state index in [9.17, 15) is 9.59 Å². The molecule has 0 N–H and O–H groups in total. The Labute approximate surface area is 196 Å². The van der Waals surface area contributed by atoms with Crippen molar-refractivity contribution in [1.29, 1.82) is 0 Å². The number of rotatable bonds is 5. The molecule has 2 aromatic carbocycles. The standard InChI is InChI=1S/C28H32N2O3/c1-2-33-25-10-6-4-7-21(25)11-12-26(31)29-16-13-28(14-17-29)15-18-30(20-28)27(32)24-19-22-8-3-5-9-23(22)24/h3-12,24H,2,13-20H2,1H3. The fraction of sp³-hybridized carbons (Fsp3) is 0.429. The Balaban J connectivity index is 1.15. The number of hydrogen-bond donors (Lipinski definition) is 0. The summed E-state index contributed by atoms with van der Waals surface area (Å²) in [6, 6.07) is 16.1. The van der Waals surface area contributed by atoms with E-state index in [-0.39, 0.29) is 17.2 Å². The van der Waals surface area contributed by atoms with Gasteiger partial charge in [-0.05, 0) is 61.3 Å². The Morgan fingerprint density at radius 3 is 2.45 bits per heavy atom. The first-order valence-corrected chi connectivity index (χ1v) is 12.1. The van der Waals surface area contributed by atoms with Crippen LogP contribution in [0.2, 0.25) is 0 Å². The summed E-state index contributed by atoms with van der Waals surface area (Å²) in [5.41, 5.74) is 3.61. The van der Waals surface area contributed by atoms with Crippen molar-refractivity contribution in [3.63, 3.8) is 0 Å². The summed E-state index contributed by atoms with van der Waals surface area (Å²) >= 11 is 0. The lowest BCUT2D eigenvalue weighted by Crippen LogP contribution is -2.45. The minimum absolute atomic E-state index is 0.0442. The van der Waals surface area contributed by atoms with Gasteiger partial charge in [0.15, 0.2) is 0 Å². The number of amides is 2. The summed E-state index contributed by atoms with van der Waals surface area (Å²) in [7, 11) is 0. The zero-order chi connectivity index (χ0) is 22.8. The van der Waals surface area contributed by atoms with Crippen LogP contribution in [0.25, 0.3) is 6.08 Å². The third-order valence-corrected chi connectivity index (χ3v) is 7.66. The number of nitrogens with zero attached hydrogens (tertiary/aromatic N) is 2. The number of carbonyl (C=O) groups is 2. The van der Waals surface area contributed by atoms with Gasteiger partial charge in [-0.1, -0.05) is 42.5 Å². The van der Waals surface area contributed by atoms with Crippen LogP contribution in [-0.4, -0.2) is 54.4 Å². The van der Waals surface area contributed by atoms with E-state index >= 15 is 0 Å². The fourth-order valence-corrected chi connectivity index (χ4v) is 5.60. The predicted molar refractivity (Wildman–Crippen MR) is 129 cm³/mol. The molecular formula is C28H32N2O3. The van der Waals surface area contributed by atoms with Crippen LogP contribution in [0.4, 0.5) is 0 Å². The first-order chi connectivity index (χ1) is 16.1. The molecule has 1 spiro atoms. The second-order valence-corrected chi connectivity index (χ2v) is 9.59. The average molecular weight is 445 g/mol. The minimum atomic E-state index is 0.0442. The molecule has 0 aromatic heterocycles. The SMILES string of the molecule is CCOc1ccccc1C=CC(=O)N1CCC2(CC1)CCN(C(=O)C1Cc3ccccc31)C2. The van der Waals surface area contributed by atoms with Crippen molar-refractivity contribution in [2.45, 2.75) is 38.5 Å². The van der Waals surface area contributed by atoms with E-state index in [1.165, 1.54) is 11.1 Å². The van der Waals surface area contributed by atoms with Gasteiger partial charge in [-0.3, -0.25) is 9.59 Å². The third-order valence-electron chi connectivity index (χ3n) is 7.66. The van der Waals surface area contributed by atoms with Gasteiger partial charge in [-0.15, -0.1) is 0 Å². The summed E-state index contributed by atoms with van der Waals surface area (Å²) in [4.78, 5) is 30.0. The van der Waals surface area contributed by atoms with Gasteiger partial charge in [0.1, 0.15) is 5.75 Å². The van der Waals surface area contributed by atoms with Crippen molar-refractivity contribution < 1.29 is 14.3 Å². The van der Waals surface area contributed by atoms with Crippen molar-refractivity contribution in [1.82, 2.24) is 9.80 Å². The van der Waals surface area contributed by atoms with Gasteiger partial charge in [0.25, 0.3) is 0 Å². The Kier molecular flexibility index (Phi) is 5.96. The van der Waals surface area contributed by atoms with Crippen LogP contribution >= 0.6 is 0 Å². The number of likely N-dealkylation sites (tertiary alicyclic amines) is 2. The lowest BCUT2D eigenvalue weighted by molar-refractivity contribution is -0.133. The number of ether oxygens (including phenoxy) is 1. The highest BCUT2D eigenvalue weighted by molar-refractivity contribution is 5.92. The highest BCUT2D eigenvalue weighted by Gasteiger charge is 2.45. The van der Waals surface area contributed by atoms with Gasteiger partial charge in [-0.2, -0.15) is 0 Å². The van der Waals surface area contributed by atoms with E-state index in [1.54, 1.807) is 6.08 Å². The number of benzene rings is 2. The molecule has 33 heavy (non-hydrogen) atoms. The van der Waals surface area contributed by atoms with Gasteiger partial charge in [0.05, 0.1) is 12.5 Å². The van der Waals surface area contributed by atoms with Gasteiger partial charge < -0.3 is 14.5 Å². The number of fused-ring (bicyclic) bond motifs is 1. The predicted octanol–water partition coefficient (Wildman–Crippen LogP) is 4.28. The van der Waals surface area contributed by atoms with Gasteiger partial charge in [-0.25, -0.2) is 0 Å². The highest BCUT2D eigenvalue weighted by atomic mass is 16.5. The summed E-state index contributed by atoms with van der Waals surface area (Å²) in [6.45, 7) is 5.75. The monoisotopic (exact) mass is 444 g/mol. The van der Waals surface area contributed by atoms with Crippen molar-refractivity contribution in [3.05, 3.63) is 71.3 Å². The van der Waals surface area contributed by atoms with Gasteiger partial charge in [0.2, 0.25) is 11.8 Å². The van der Waals surface area contributed by atoms with E-state index in [4.69, 9.17) is 4.74 Å². The van der Waals surface area contributed by atoms with Crippen LogP contribution in [-0.2, 0) is 16.0 Å². The lowest BCUT2D eigenvalue weighted by atomic mass is 9.76. The van der Waals surface area contributed by atoms with Crippen LogP contribution in [0.1, 0.15) is 48.8 Å². The molecule has 2 aromatic rings. The van der Waals surface area contributed by atoms with E-state index in [2.05, 4.69) is 17.0 Å². The highest BCUT2D eigenvalue weighted by Crippen LogP contribution is 2.43. The van der Waals surface area contributed by atoms with Crippen molar-refractivity contribution >= 4 is 17.9 Å². The molecule has 0 saturated carbocycles. The molecule has 2 amide bonds. The zero-order valence-electron chi connectivity index (χ0n) is 19.3. The molecule has 2 fully saturated rings. The normalized spacial score (nSPS) is 21.2. The second-order valence-electron chi connectivity index (χ2n) is 9.59. The fourth-order valence-electron chi connectivity index (χ4n) is 5.60. The average Bonchev–Trinajstić information content (AvgIpc) is 3.23. The third kappa shape index (κ3) is 4.29. The quantitative estimate of drug-likeness (QED) is 0.647. The van der Waals surface area contributed by atoms with Gasteiger partial charge in [0, 0.05) is 37.8 Å². The second kappa shape index (κ2) is 9.05. The van der Waals surface area contributed by atoms with E-state index in [0.717, 1.165) is 63.2 Å². The summed E-state index contributed by atoms with van der Waals surface area (Å²) in [6.07, 6.45) is 7.37. The Bertz CT molecular complexity index is 1070. The zero-order valence-corrected chi connectivity index (χ0v) is 19.3. The van der Waals surface area contributed by atoms with E-state index in [1.807, 2.05) is 54.3 Å². The molecule has 1 aliphatic carbocycles. The molecule has 0 bridgehead atoms. The Morgan fingerprint density at radius 1 is 1.00 bits per heavy atom.